The van der Waals surface area contributed by atoms with E-state index in [1.807, 2.05) is 0 Å². The van der Waals surface area contributed by atoms with Crippen LogP contribution in [0.2, 0.25) is 0 Å². The molecule has 1 atom stereocenters. The first-order valence-corrected chi connectivity index (χ1v) is 7.08. The van der Waals surface area contributed by atoms with Crippen molar-refractivity contribution >= 4 is 5.91 Å². The zero-order valence-electron chi connectivity index (χ0n) is 11.8. The first kappa shape index (κ1) is 13.8. The first-order valence-electron chi connectivity index (χ1n) is 7.08. The van der Waals surface area contributed by atoms with E-state index in [4.69, 9.17) is 4.74 Å². The number of methoxy groups -OCH3 is 1. The molecule has 0 spiro atoms. The number of rotatable bonds is 4. The van der Waals surface area contributed by atoms with Crippen molar-refractivity contribution in [1.82, 2.24) is 10.6 Å². The number of carbonyl (C=O) groups excluding carboxylic acids is 1. The third-order valence-electron chi connectivity index (χ3n) is 4.67. The molecule has 1 heterocycles. The van der Waals surface area contributed by atoms with Crippen LogP contribution in [0.5, 0.6) is 0 Å². The molecule has 18 heavy (non-hydrogen) atoms. The minimum absolute atomic E-state index is 0.204. The number of ether oxygens (including phenoxy) is 1. The zero-order chi connectivity index (χ0) is 13.2. The predicted molar refractivity (Wildman–Crippen MR) is 71.3 cm³/mol. The van der Waals surface area contributed by atoms with E-state index in [9.17, 15) is 4.79 Å². The molecule has 1 aliphatic heterocycles. The number of nitrogens with one attached hydrogen (secondary N) is 2. The Balaban J connectivity index is 1.83. The minimum atomic E-state index is -0.272. The zero-order valence-corrected chi connectivity index (χ0v) is 11.8. The lowest BCUT2D eigenvalue weighted by Gasteiger charge is -2.40. The maximum atomic E-state index is 12.4. The summed E-state index contributed by atoms with van der Waals surface area (Å²) in [5.74, 6) is 0.653. The van der Waals surface area contributed by atoms with Gasteiger partial charge in [0.15, 0.2) is 0 Å². The van der Waals surface area contributed by atoms with Crippen molar-refractivity contribution in [2.24, 2.45) is 11.3 Å². The van der Waals surface area contributed by atoms with Gasteiger partial charge < -0.3 is 15.4 Å². The molecular weight excluding hydrogens is 228 g/mol. The average Bonchev–Trinajstić information content (AvgIpc) is 2.33. The van der Waals surface area contributed by atoms with Gasteiger partial charge in [-0.2, -0.15) is 0 Å². The molecule has 1 saturated heterocycles. The van der Waals surface area contributed by atoms with Gasteiger partial charge in [0.1, 0.15) is 0 Å². The Labute approximate surface area is 110 Å². The van der Waals surface area contributed by atoms with Crippen LogP contribution in [-0.4, -0.2) is 38.3 Å². The third-order valence-corrected chi connectivity index (χ3v) is 4.67. The molecule has 0 bridgehead atoms. The van der Waals surface area contributed by atoms with Gasteiger partial charge in [-0.3, -0.25) is 4.79 Å². The van der Waals surface area contributed by atoms with Crippen LogP contribution in [0, 0.1) is 11.3 Å². The minimum Gasteiger partial charge on any atom is -0.381 e. The van der Waals surface area contributed by atoms with Crippen molar-refractivity contribution in [3.63, 3.8) is 0 Å². The molecule has 104 valence electrons. The second-order valence-corrected chi connectivity index (χ2v) is 6.26. The van der Waals surface area contributed by atoms with Gasteiger partial charge in [0.25, 0.3) is 0 Å². The normalized spacial score (nSPS) is 32.7. The van der Waals surface area contributed by atoms with Crippen LogP contribution >= 0.6 is 0 Å². The van der Waals surface area contributed by atoms with E-state index in [0.29, 0.717) is 18.1 Å². The van der Waals surface area contributed by atoms with Gasteiger partial charge >= 0.3 is 0 Å². The van der Waals surface area contributed by atoms with Crippen LogP contribution < -0.4 is 10.6 Å². The summed E-state index contributed by atoms with van der Waals surface area (Å²) in [5, 5.41) is 6.56. The fourth-order valence-electron chi connectivity index (χ4n) is 2.90. The van der Waals surface area contributed by atoms with E-state index in [0.717, 1.165) is 32.4 Å². The fourth-order valence-corrected chi connectivity index (χ4v) is 2.90. The topological polar surface area (TPSA) is 50.4 Å². The highest BCUT2D eigenvalue weighted by atomic mass is 16.5. The van der Waals surface area contributed by atoms with Gasteiger partial charge in [0.2, 0.25) is 5.91 Å². The van der Waals surface area contributed by atoms with Crippen LogP contribution in [0.4, 0.5) is 0 Å². The van der Waals surface area contributed by atoms with Crippen molar-refractivity contribution in [3.8, 4) is 0 Å². The highest BCUT2D eigenvalue weighted by Crippen LogP contribution is 2.33. The Morgan fingerprint density at radius 3 is 2.67 bits per heavy atom. The van der Waals surface area contributed by atoms with Gasteiger partial charge in [-0.25, -0.2) is 0 Å². The van der Waals surface area contributed by atoms with Crippen LogP contribution in [0.1, 0.15) is 39.5 Å². The standard InChI is InChI=1S/C14H26N2O2/c1-14(2,10-5-4-6-15-9-10)13(17)16-11-7-12(8-11)18-3/h10-12,15H,4-9H2,1-3H3,(H,16,17). The highest BCUT2D eigenvalue weighted by Gasteiger charge is 2.40. The van der Waals surface area contributed by atoms with Crippen molar-refractivity contribution < 1.29 is 9.53 Å². The van der Waals surface area contributed by atoms with Crippen LogP contribution in [0.3, 0.4) is 0 Å². The van der Waals surface area contributed by atoms with Crippen molar-refractivity contribution in [2.75, 3.05) is 20.2 Å². The molecule has 1 unspecified atom stereocenters. The second-order valence-electron chi connectivity index (χ2n) is 6.26. The molecule has 4 heteroatoms. The molecule has 0 aromatic carbocycles. The molecule has 2 N–H and O–H groups in total. The van der Waals surface area contributed by atoms with E-state index in [1.165, 1.54) is 6.42 Å². The van der Waals surface area contributed by atoms with E-state index < -0.39 is 0 Å². The van der Waals surface area contributed by atoms with Gasteiger partial charge in [0, 0.05) is 18.6 Å². The summed E-state index contributed by atoms with van der Waals surface area (Å²) in [7, 11) is 1.74. The number of hydrogen-bond donors (Lipinski definition) is 2. The molecule has 4 nitrogen and oxygen atoms in total. The van der Waals surface area contributed by atoms with E-state index in [2.05, 4.69) is 24.5 Å². The molecule has 0 aromatic rings. The Kier molecular flexibility index (Phi) is 4.28. The third kappa shape index (κ3) is 2.86. The molecule has 0 radical (unpaired) electrons. The number of amides is 1. The highest BCUT2D eigenvalue weighted by molar-refractivity contribution is 5.82. The maximum Gasteiger partial charge on any atom is 0.226 e. The van der Waals surface area contributed by atoms with Gasteiger partial charge in [-0.05, 0) is 44.7 Å². The average molecular weight is 254 g/mol. The lowest BCUT2D eigenvalue weighted by Crippen LogP contribution is -2.54. The van der Waals surface area contributed by atoms with Crippen LogP contribution in [0.15, 0.2) is 0 Å². The van der Waals surface area contributed by atoms with E-state index in [1.54, 1.807) is 7.11 Å². The quantitative estimate of drug-likeness (QED) is 0.795. The molecule has 2 aliphatic rings. The Morgan fingerprint density at radius 1 is 1.39 bits per heavy atom. The summed E-state index contributed by atoms with van der Waals surface area (Å²) < 4.78 is 5.24. The number of hydrogen-bond acceptors (Lipinski definition) is 3. The molecular formula is C14H26N2O2. The van der Waals surface area contributed by atoms with Gasteiger partial charge in [-0.15, -0.1) is 0 Å². The molecule has 1 aliphatic carbocycles. The van der Waals surface area contributed by atoms with E-state index >= 15 is 0 Å². The number of piperidine rings is 1. The summed E-state index contributed by atoms with van der Waals surface area (Å²) in [6, 6.07) is 0.318. The summed E-state index contributed by atoms with van der Waals surface area (Å²) in [6.45, 7) is 6.21. The van der Waals surface area contributed by atoms with Crippen molar-refractivity contribution in [3.05, 3.63) is 0 Å². The molecule has 2 fully saturated rings. The Morgan fingerprint density at radius 2 is 2.11 bits per heavy atom. The summed E-state index contributed by atoms with van der Waals surface area (Å²) in [6.07, 6.45) is 4.59. The second kappa shape index (κ2) is 5.57. The van der Waals surface area contributed by atoms with E-state index in [-0.39, 0.29) is 11.3 Å². The molecule has 0 aromatic heterocycles. The summed E-state index contributed by atoms with van der Waals surface area (Å²) in [5.41, 5.74) is -0.272. The first-order chi connectivity index (χ1) is 8.54. The van der Waals surface area contributed by atoms with Gasteiger partial charge in [-0.1, -0.05) is 13.8 Å². The Bertz CT molecular complexity index is 292. The van der Waals surface area contributed by atoms with Gasteiger partial charge in [0.05, 0.1) is 6.10 Å². The van der Waals surface area contributed by atoms with Crippen molar-refractivity contribution in [2.45, 2.75) is 51.7 Å². The Hall–Kier alpha value is -0.610. The molecule has 2 rings (SSSR count). The smallest absolute Gasteiger partial charge is 0.226 e. The lowest BCUT2D eigenvalue weighted by atomic mass is 9.73. The summed E-state index contributed by atoms with van der Waals surface area (Å²) in [4.78, 5) is 12.4. The largest absolute Gasteiger partial charge is 0.381 e. The summed E-state index contributed by atoms with van der Waals surface area (Å²) >= 11 is 0. The fraction of sp³-hybridized carbons (Fsp3) is 0.929. The predicted octanol–water partition coefficient (Wildman–Crippen LogP) is 1.31. The monoisotopic (exact) mass is 254 g/mol. The van der Waals surface area contributed by atoms with Crippen LogP contribution in [-0.2, 0) is 9.53 Å². The SMILES string of the molecule is COC1CC(NC(=O)C(C)(C)C2CCCNC2)C1. The number of carbonyl (C=O) groups is 1. The molecule has 1 saturated carbocycles. The lowest BCUT2D eigenvalue weighted by molar-refractivity contribution is -0.135. The molecule has 1 amide bonds. The van der Waals surface area contributed by atoms with Crippen LogP contribution in [0.25, 0.3) is 0 Å². The maximum absolute atomic E-state index is 12.4. The van der Waals surface area contributed by atoms with Crippen molar-refractivity contribution in [1.29, 1.82) is 0 Å².